The Morgan fingerprint density at radius 1 is 0.750 bits per heavy atom. The number of piperazine rings is 1. The molecule has 0 aromatic heterocycles. The minimum Gasteiger partial charge on any atom is -0.366 e. The van der Waals surface area contributed by atoms with Crippen molar-refractivity contribution in [1.29, 1.82) is 0 Å². The fourth-order valence-corrected chi connectivity index (χ4v) is 3.17. The van der Waals surface area contributed by atoms with Crippen LogP contribution in [0.25, 0.3) is 0 Å². The highest BCUT2D eigenvalue weighted by Crippen LogP contribution is 2.27. The summed E-state index contributed by atoms with van der Waals surface area (Å²) < 4.78 is 0. The predicted molar refractivity (Wildman–Crippen MR) is 78.2 cm³/mol. The highest BCUT2D eigenvalue weighted by atomic mass is 16.7. The van der Waals surface area contributed by atoms with Gasteiger partial charge in [-0.05, 0) is 19.3 Å². The van der Waals surface area contributed by atoms with Crippen LogP contribution in [0.1, 0.15) is 19.3 Å². The Kier molecular flexibility index (Phi) is 3.76. The van der Waals surface area contributed by atoms with Gasteiger partial charge in [-0.1, -0.05) is 0 Å². The summed E-state index contributed by atoms with van der Waals surface area (Å²) in [6, 6.07) is 0. The van der Waals surface area contributed by atoms with Gasteiger partial charge in [-0.3, -0.25) is 9.59 Å². The number of rotatable bonds is 3. The summed E-state index contributed by atoms with van der Waals surface area (Å²) in [5.74, 6) is 0. The molecule has 6 nitrogen and oxygen atoms in total. The van der Waals surface area contributed by atoms with Crippen LogP contribution >= 0.6 is 0 Å². The molecule has 1 aromatic rings. The molecule has 0 atom stereocenters. The zero-order valence-corrected chi connectivity index (χ0v) is 11.9. The van der Waals surface area contributed by atoms with Crippen molar-refractivity contribution >= 4 is 11.4 Å². The molecule has 110 valence electrons. The van der Waals surface area contributed by atoms with Crippen LogP contribution in [-0.2, 0) is 4.84 Å². The van der Waals surface area contributed by atoms with Crippen molar-refractivity contribution in [1.82, 2.24) is 5.06 Å². The van der Waals surface area contributed by atoms with E-state index in [2.05, 4.69) is 4.90 Å². The largest absolute Gasteiger partial charge is 0.366 e. The van der Waals surface area contributed by atoms with Gasteiger partial charge < -0.3 is 14.6 Å². The number of hydrogen-bond donors (Lipinski definition) is 0. The summed E-state index contributed by atoms with van der Waals surface area (Å²) in [6.45, 7) is 4.79. The normalized spacial score (nSPS) is 21.6. The Labute approximate surface area is 118 Å². The first-order valence-corrected chi connectivity index (χ1v) is 7.34. The van der Waals surface area contributed by atoms with E-state index in [-0.39, 0.29) is 10.9 Å². The lowest BCUT2D eigenvalue weighted by atomic mass is 10.1. The van der Waals surface area contributed by atoms with Gasteiger partial charge >= 0.3 is 0 Å². The molecule has 2 fully saturated rings. The van der Waals surface area contributed by atoms with Gasteiger partial charge in [0.1, 0.15) is 11.4 Å². The maximum atomic E-state index is 11.9. The van der Waals surface area contributed by atoms with E-state index in [4.69, 9.17) is 4.84 Å². The first kappa shape index (κ1) is 13.6. The molecule has 1 aromatic carbocycles. The van der Waals surface area contributed by atoms with Crippen molar-refractivity contribution in [2.75, 3.05) is 56.2 Å². The van der Waals surface area contributed by atoms with E-state index in [0.717, 1.165) is 52.1 Å². The van der Waals surface area contributed by atoms with Crippen molar-refractivity contribution in [2.24, 2.45) is 0 Å². The van der Waals surface area contributed by atoms with Crippen LogP contribution < -0.4 is 20.7 Å². The van der Waals surface area contributed by atoms with Gasteiger partial charge in [-0.25, -0.2) is 0 Å². The Balaban J connectivity index is 1.78. The smallest absolute Gasteiger partial charge is 0.253 e. The average molecular weight is 279 g/mol. The Hall–Kier alpha value is -1.40. The first-order valence-electron chi connectivity index (χ1n) is 7.34. The van der Waals surface area contributed by atoms with Gasteiger partial charge in [-0.15, -0.1) is 0 Å². The van der Waals surface area contributed by atoms with Crippen LogP contribution in [0.5, 0.6) is 0 Å². The lowest BCUT2D eigenvalue weighted by molar-refractivity contribution is -0.133. The molecule has 2 saturated heterocycles. The third kappa shape index (κ3) is 2.23. The highest BCUT2D eigenvalue weighted by molar-refractivity contribution is 5.76. The molecule has 3 rings (SSSR count). The fourth-order valence-electron chi connectivity index (χ4n) is 3.17. The zero-order chi connectivity index (χ0) is 14.1. The Morgan fingerprint density at radius 3 is 1.75 bits per heavy atom. The van der Waals surface area contributed by atoms with Crippen molar-refractivity contribution in [3.8, 4) is 0 Å². The van der Waals surface area contributed by atoms with E-state index < -0.39 is 0 Å². The second-order valence-electron chi connectivity index (χ2n) is 5.50. The monoisotopic (exact) mass is 279 g/mol. The second kappa shape index (κ2) is 5.54. The number of nitrogens with zero attached hydrogens (tertiary/aromatic N) is 3. The molecule has 6 heteroatoms. The molecule has 0 saturated carbocycles. The Morgan fingerprint density at radius 2 is 1.25 bits per heavy atom. The number of hydroxylamine groups is 2. The van der Waals surface area contributed by atoms with Crippen molar-refractivity contribution in [3.63, 3.8) is 0 Å². The van der Waals surface area contributed by atoms with Crippen LogP contribution in [0.15, 0.2) is 9.59 Å². The van der Waals surface area contributed by atoms with E-state index >= 15 is 0 Å². The molecule has 2 aliphatic heterocycles. The minimum absolute atomic E-state index is 0.295. The molecule has 0 radical (unpaired) electrons. The molecule has 0 aliphatic carbocycles. The maximum absolute atomic E-state index is 11.9. The SMILES string of the molecule is CON1CCN(c2c(N3CCCCC3)c(=O)c2=O)CC1. The van der Waals surface area contributed by atoms with Gasteiger partial charge in [0, 0.05) is 39.3 Å². The number of hydrogen-bond acceptors (Lipinski definition) is 6. The molecule has 0 bridgehead atoms. The van der Waals surface area contributed by atoms with E-state index in [1.807, 2.05) is 9.96 Å². The minimum atomic E-state index is -0.309. The quantitative estimate of drug-likeness (QED) is 0.724. The summed E-state index contributed by atoms with van der Waals surface area (Å²) >= 11 is 0. The lowest BCUT2D eigenvalue weighted by Crippen LogP contribution is -2.53. The van der Waals surface area contributed by atoms with Gasteiger partial charge in [0.15, 0.2) is 0 Å². The van der Waals surface area contributed by atoms with Crippen LogP contribution in [0.3, 0.4) is 0 Å². The topological polar surface area (TPSA) is 53.1 Å². The number of anilines is 2. The maximum Gasteiger partial charge on any atom is 0.253 e. The average Bonchev–Trinajstić information content (AvgIpc) is 2.52. The molecular weight excluding hydrogens is 258 g/mol. The third-order valence-electron chi connectivity index (χ3n) is 4.35. The standard InChI is InChI=1S/C14H21N3O3/c1-20-17-9-7-16(8-10-17)12-11(13(18)14(12)19)15-5-3-2-4-6-15/h2-10H2,1H3. The van der Waals surface area contributed by atoms with Gasteiger partial charge in [-0.2, -0.15) is 5.06 Å². The fraction of sp³-hybridized carbons (Fsp3) is 0.714. The summed E-state index contributed by atoms with van der Waals surface area (Å²) in [7, 11) is 1.66. The Bertz CT molecular complexity index is 536. The summed E-state index contributed by atoms with van der Waals surface area (Å²) in [5, 5.41) is 1.88. The van der Waals surface area contributed by atoms with E-state index in [1.165, 1.54) is 6.42 Å². The first-order chi connectivity index (χ1) is 9.72. The molecule has 0 N–H and O–H groups in total. The van der Waals surface area contributed by atoms with E-state index in [0.29, 0.717) is 11.4 Å². The summed E-state index contributed by atoms with van der Waals surface area (Å²) in [5.41, 5.74) is 0.709. The van der Waals surface area contributed by atoms with Crippen molar-refractivity contribution in [2.45, 2.75) is 19.3 Å². The van der Waals surface area contributed by atoms with Gasteiger partial charge in [0.2, 0.25) is 0 Å². The molecule has 20 heavy (non-hydrogen) atoms. The van der Waals surface area contributed by atoms with Crippen molar-refractivity contribution in [3.05, 3.63) is 20.4 Å². The second-order valence-corrected chi connectivity index (χ2v) is 5.50. The van der Waals surface area contributed by atoms with Crippen LogP contribution in [0, 0.1) is 0 Å². The lowest BCUT2D eigenvalue weighted by Gasteiger charge is -2.38. The van der Waals surface area contributed by atoms with Crippen molar-refractivity contribution < 1.29 is 4.84 Å². The third-order valence-corrected chi connectivity index (χ3v) is 4.35. The van der Waals surface area contributed by atoms with E-state index in [1.54, 1.807) is 7.11 Å². The highest BCUT2D eigenvalue weighted by Gasteiger charge is 2.32. The molecule has 0 spiro atoms. The van der Waals surface area contributed by atoms with Crippen LogP contribution in [-0.4, -0.2) is 51.4 Å². The molecule has 2 heterocycles. The van der Waals surface area contributed by atoms with E-state index in [9.17, 15) is 9.59 Å². The molecule has 2 aliphatic rings. The molecular formula is C14H21N3O3. The molecule has 0 unspecified atom stereocenters. The predicted octanol–water partition coefficient (Wildman–Crippen LogP) is -0.0437. The van der Waals surface area contributed by atoms with Gasteiger partial charge in [0.25, 0.3) is 10.9 Å². The van der Waals surface area contributed by atoms with Crippen LogP contribution in [0.4, 0.5) is 11.4 Å². The number of piperidine rings is 1. The zero-order valence-electron chi connectivity index (χ0n) is 11.9. The molecule has 0 amide bonds. The summed E-state index contributed by atoms with van der Waals surface area (Å²) in [4.78, 5) is 33.2. The van der Waals surface area contributed by atoms with Crippen LogP contribution in [0.2, 0.25) is 0 Å². The van der Waals surface area contributed by atoms with Gasteiger partial charge in [0.05, 0.1) is 7.11 Å². The summed E-state index contributed by atoms with van der Waals surface area (Å²) in [6.07, 6.45) is 3.43.